The fourth-order valence-corrected chi connectivity index (χ4v) is 1.43. The van der Waals surface area contributed by atoms with Gasteiger partial charge in [0, 0.05) is 0 Å². The third kappa shape index (κ3) is 1.39. The average molecular weight is 231 g/mol. The van der Waals surface area contributed by atoms with E-state index in [1.54, 1.807) is 0 Å². The molecular formula is C7H3Cl3F2. The Morgan fingerprint density at radius 2 is 1.17 bits per heavy atom. The number of halogens is 5. The van der Waals surface area contributed by atoms with Crippen molar-refractivity contribution < 1.29 is 8.78 Å². The van der Waals surface area contributed by atoms with Gasteiger partial charge in [-0.05, 0) is 12.5 Å². The van der Waals surface area contributed by atoms with Crippen LogP contribution in [0.15, 0.2) is 0 Å². The van der Waals surface area contributed by atoms with Gasteiger partial charge in [0.05, 0.1) is 10.0 Å². The van der Waals surface area contributed by atoms with E-state index in [0.717, 1.165) is 0 Å². The van der Waals surface area contributed by atoms with Crippen molar-refractivity contribution in [2.75, 3.05) is 0 Å². The monoisotopic (exact) mass is 230 g/mol. The molecule has 0 saturated heterocycles. The molecule has 0 nitrogen and oxygen atoms in total. The molecular weight excluding hydrogens is 228 g/mol. The molecule has 0 fully saturated rings. The second kappa shape index (κ2) is 3.36. The molecule has 0 spiro atoms. The number of rotatable bonds is 0. The topological polar surface area (TPSA) is 0 Å². The van der Waals surface area contributed by atoms with Crippen LogP contribution in [0, 0.1) is 18.6 Å². The van der Waals surface area contributed by atoms with E-state index in [2.05, 4.69) is 0 Å². The summed E-state index contributed by atoms with van der Waals surface area (Å²) in [6.45, 7) is 1.41. The smallest absolute Gasteiger partial charge is 0.163 e. The molecule has 0 unspecified atom stereocenters. The number of benzene rings is 1. The predicted molar refractivity (Wildman–Crippen MR) is 46.1 cm³/mol. The first-order valence-electron chi connectivity index (χ1n) is 2.94. The summed E-state index contributed by atoms with van der Waals surface area (Å²) in [4.78, 5) is 0. The Kier molecular flexibility index (Phi) is 2.81. The fraction of sp³-hybridized carbons (Fsp3) is 0.143. The van der Waals surface area contributed by atoms with Crippen molar-refractivity contribution in [3.8, 4) is 0 Å². The molecule has 0 aliphatic heterocycles. The van der Waals surface area contributed by atoms with Crippen LogP contribution in [0.3, 0.4) is 0 Å². The largest absolute Gasteiger partial charge is 0.204 e. The average Bonchev–Trinajstić information content (AvgIpc) is 2.08. The van der Waals surface area contributed by atoms with Crippen LogP contribution in [0.25, 0.3) is 0 Å². The lowest BCUT2D eigenvalue weighted by atomic mass is 10.2. The molecule has 0 aromatic heterocycles. The Bertz CT molecular complexity index is 231. The SMILES string of the molecule is Cc1c(Cl)c(F)c(Cl)c(F)c1Cl. The normalized spacial score (nSPS) is 10.5. The quantitative estimate of drug-likeness (QED) is 0.463. The van der Waals surface area contributed by atoms with Gasteiger partial charge in [-0.2, -0.15) is 0 Å². The summed E-state index contributed by atoms with van der Waals surface area (Å²) in [5.74, 6) is -1.95. The highest BCUT2D eigenvalue weighted by molar-refractivity contribution is 6.39. The van der Waals surface area contributed by atoms with Crippen molar-refractivity contribution in [1.29, 1.82) is 0 Å². The highest BCUT2D eigenvalue weighted by Gasteiger charge is 2.18. The first kappa shape index (κ1) is 10.0. The standard InChI is InChI=1S/C7H3Cl3F2/c1-2-3(8)6(11)5(10)7(12)4(2)9/h1H3. The molecule has 1 aromatic rings. The van der Waals surface area contributed by atoms with E-state index in [1.807, 2.05) is 0 Å². The van der Waals surface area contributed by atoms with E-state index in [0.29, 0.717) is 0 Å². The Morgan fingerprint density at radius 3 is 1.50 bits per heavy atom. The summed E-state index contributed by atoms with van der Waals surface area (Å²) in [7, 11) is 0. The summed E-state index contributed by atoms with van der Waals surface area (Å²) in [6, 6.07) is 0. The van der Waals surface area contributed by atoms with Crippen LogP contribution in [-0.2, 0) is 0 Å². The van der Waals surface area contributed by atoms with Gasteiger partial charge in [-0.1, -0.05) is 34.8 Å². The van der Waals surface area contributed by atoms with E-state index < -0.39 is 16.7 Å². The van der Waals surface area contributed by atoms with Crippen LogP contribution < -0.4 is 0 Å². The summed E-state index contributed by atoms with van der Waals surface area (Å²) >= 11 is 16.1. The minimum atomic E-state index is -0.974. The second-order valence-electron chi connectivity index (χ2n) is 2.19. The molecule has 0 saturated carbocycles. The zero-order valence-electron chi connectivity index (χ0n) is 5.89. The molecule has 0 radical (unpaired) electrons. The summed E-state index contributed by atoms with van der Waals surface area (Å²) in [5, 5.41) is -1.16. The minimum Gasteiger partial charge on any atom is -0.204 e. The first-order valence-corrected chi connectivity index (χ1v) is 4.08. The number of hydrogen-bond donors (Lipinski definition) is 0. The Morgan fingerprint density at radius 1 is 0.833 bits per heavy atom. The molecule has 0 aliphatic carbocycles. The van der Waals surface area contributed by atoms with Gasteiger partial charge in [-0.25, -0.2) is 8.78 Å². The van der Waals surface area contributed by atoms with Crippen LogP contribution in [-0.4, -0.2) is 0 Å². The van der Waals surface area contributed by atoms with Crippen molar-refractivity contribution in [3.63, 3.8) is 0 Å². The van der Waals surface area contributed by atoms with Crippen LogP contribution in [0.1, 0.15) is 5.56 Å². The molecule has 0 bridgehead atoms. The van der Waals surface area contributed by atoms with Crippen molar-refractivity contribution in [2.24, 2.45) is 0 Å². The molecule has 0 aliphatic rings. The van der Waals surface area contributed by atoms with Gasteiger partial charge in [0.25, 0.3) is 0 Å². The summed E-state index contributed by atoms with van der Waals surface area (Å²) in [6.07, 6.45) is 0. The van der Waals surface area contributed by atoms with Crippen LogP contribution >= 0.6 is 34.8 Å². The van der Waals surface area contributed by atoms with Gasteiger partial charge >= 0.3 is 0 Å². The fourth-order valence-electron chi connectivity index (χ4n) is 0.715. The number of hydrogen-bond acceptors (Lipinski definition) is 0. The molecule has 1 rings (SSSR count). The zero-order valence-corrected chi connectivity index (χ0v) is 8.16. The van der Waals surface area contributed by atoms with Crippen LogP contribution in [0.5, 0.6) is 0 Å². The molecule has 12 heavy (non-hydrogen) atoms. The van der Waals surface area contributed by atoms with Crippen molar-refractivity contribution in [2.45, 2.75) is 6.92 Å². The van der Waals surface area contributed by atoms with E-state index in [9.17, 15) is 8.78 Å². The van der Waals surface area contributed by atoms with Crippen molar-refractivity contribution in [1.82, 2.24) is 0 Å². The van der Waals surface area contributed by atoms with E-state index in [1.165, 1.54) is 6.92 Å². The lowest BCUT2D eigenvalue weighted by molar-refractivity contribution is 0.583. The van der Waals surface area contributed by atoms with Crippen molar-refractivity contribution in [3.05, 3.63) is 32.3 Å². The van der Waals surface area contributed by atoms with E-state index in [4.69, 9.17) is 34.8 Å². The molecule has 0 heterocycles. The van der Waals surface area contributed by atoms with Gasteiger partial charge < -0.3 is 0 Å². The third-order valence-corrected chi connectivity index (χ3v) is 2.66. The van der Waals surface area contributed by atoms with Crippen LogP contribution in [0.2, 0.25) is 15.1 Å². The van der Waals surface area contributed by atoms with Gasteiger partial charge in [-0.3, -0.25) is 0 Å². The Balaban J connectivity index is 3.60. The Hall–Kier alpha value is -0.0500. The van der Waals surface area contributed by atoms with E-state index >= 15 is 0 Å². The highest BCUT2D eigenvalue weighted by Crippen LogP contribution is 2.34. The summed E-state index contributed by atoms with van der Waals surface area (Å²) in [5.41, 5.74) is 0.151. The third-order valence-electron chi connectivity index (χ3n) is 1.43. The highest BCUT2D eigenvalue weighted by atomic mass is 35.5. The predicted octanol–water partition coefficient (Wildman–Crippen LogP) is 4.23. The van der Waals surface area contributed by atoms with Gasteiger partial charge in [0.2, 0.25) is 0 Å². The molecule has 66 valence electrons. The molecule has 1 aromatic carbocycles. The van der Waals surface area contributed by atoms with Gasteiger partial charge in [0.15, 0.2) is 11.6 Å². The van der Waals surface area contributed by atoms with Gasteiger partial charge in [-0.15, -0.1) is 0 Å². The maximum absolute atomic E-state index is 12.9. The Labute approximate surface area is 83.0 Å². The maximum Gasteiger partial charge on any atom is 0.163 e. The lowest BCUT2D eigenvalue weighted by Gasteiger charge is -2.05. The van der Waals surface area contributed by atoms with E-state index in [-0.39, 0.29) is 15.6 Å². The molecule has 0 atom stereocenters. The van der Waals surface area contributed by atoms with Crippen LogP contribution in [0.4, 0.5) is 8.78 Å². The molecule has 0 N–H and O–H groups in total. The maximum atomic E-state index is 12.9. The molecule has 5 heteroatoms. The molecule has 0 amide bonds. The van der Waals surface area contributed by atoms with Gasteiger partial charge in [0.1, 0.15) is 5.02 Å². The lowest BCUT2D eigenvalue weighted by Crippen LogP contribution is -1.91. The summed E-state index contributed by atoms with van der Waals surface area (Å²) < 4.78 is 25.7. The minimum absolute atomic E-state index is 0.151. The van der Waals surface area contributed by atoms with Crippen molar-refractivity contribution >= 4 is 34.8 Å². The zero-order chi connectivity index (χ0) is 9.46. The first-order chi connectivity index (χ1) is 5.46. The second-order valence-corrected chi connectivity index (χ2v) is 3.33.